The zero-order chi connectivity index (χ0) is 16.8. The molecule has 1 amide bonds. The van der Waals surface area contributed by atoms with E-state index in [0.29, 0.717) is 11.3 Å². The average molecular weight is 339 g/mol. The first-order valence-corrected chi connectivity index (χ1v) is 8.43. The van der Waals surface area contributed by atoms with E-state index in [9.17, 15) is 9.90 Å². The number of benzene rings is 1. The number of nitrogens with zero attached hydrogens (tertiary/aromatic N) is 2. The first-order valence-electron chi connectivity index (χ1n) is 7.55. The molecule has 0 saturated carbocycles. The van der Waals surface area contributed by atoms with Gasteiger partial charge >= 0.3 is 0 Å². The Kier molecular flexibility index (Phi) is 5.30. The maximum atomic E-state index is 12.2. The van der Waals surface area contributed by atoms with Gasteiger partial charge in [-0.2, -0.15) is 0 Å². The Bertz CT molecular complexity index is 818. The van der Waals surface area contributed by atoms with Gasteiger partial charge in [-0.1, -0.05) is 30.3 Å². The van der Waals surface area contributed by atoms with Crippen molar-refractivity contribution in [3.63, 3.8) is 0 Å². The molecule has 122 valence electrons. The first kappa shape index (κ1) is 16.3. The predicted molar refractivity (Wildman–Crippen MR) is 93.9 cm³/mol. The molecule has 5 nitrogen and oxygen atoms in total. The van der Waals surface area contributed by atoms with Gasteiger partial charge in [-0.15, -0.1) is 11.3 Å². The van der Waals surface area contributed by atoms with Crippen molar-refractivity contribution in [1.82, 2.24) is 9.97 Å². The summed E-state index contributed by atoms with van der Waals surface area (Å²) < 4.78 is 0. The molecule has 0 aliphatic rings. The molecule has 2 N–H and O–H groups in total. The molecule has 0 bridgehead atoms. The molecule has 2 aromatic heterocycles. The third kappa shape index (κ3) is 4.24. The zero-order valence-electron chi connectivity index (χ0n) is 13.0. The molecular formula is C18H17N3O2S. The minimum absolute atomic E-state index is 0.143. The van der Waals surface area contributed by atoms with Crippen LogP contribution in [0.1, 0.15) is 21.8 Å². The fraction of sp³-hybridized carbons (Fsp3) is 0.167. The van der Waals surface area contributed by atoms with Gasteiger partial charge in [-0.25, -0.2) is 4.98 Å². The van der Waals surface area contributed by atoms with Gasteiger partial charge in [0.25, 0.3) is 0 Å². The number of rotatable bonds is 6. The standard InChI is InChI=1S/C18H17N3O2S/c22-11-14-6-7-19-10-16(14)21-17(23)9-15-12-24-18(20-15)8-13-4-2-1-3-5-13/h1-7,10,12,22H,8-9,11H2,(H,21,23). The second-order valence-corrected chi connectivity index (χ2v) is 6.25. The summed E-state index contributed by atoms with van der Waals surface area (Å²) in [6, 6.07) is 11.8. The van der Waals surface area contributed by atoms with Crippen molar-refractivity contribution in [2.75, 3.05) is 5.32 Å². The van der Waals surface area contributed by atoms with Crippen LogP contribution in [-0.2, 0) is 24.2 Å². The van der Waals surface area contributed by atoms with Crippen LogP contribution in [0.2, 0.25) is 0 Å². The van der Waals surface area contributed by atoms with E-state index >= 15 is 0 Å². The van der Waals surface area contributed by atoms with Crippen molar-refractivity contribution in [3.8, 4) is 0 Å². The Balaban J connectivity index is 1.61. The van der Waals surface area contributed by atoms with E-state index < -0.39 is 0 Å². The maximum absolute atomic E-state index is 12.2. The van der Waals surface area contributed by atoms with Gasteiger partial charge in [0, 0.05) is 23.6 Å². The first-order chi connectivity index (χ1) is 11.7. The van der Waals surface area contributed by atoms with Crippen LogP contribution in [0, 0.1) is 0 Å². The zero-order valence-corrected chi connectivity index (χ0v) is 13.8. The number of aliphatic hydroxyl groups excluding tert-OH is 1. The number of thiazole rings is 1. The van der Waals surface area contributed by atoms with E-state index in [1.807, 2.05) is 23.6 Å². The summed E-state index contributed by atoms with van der Waals surface area (Å²) in [5.41, 5.74) is 3.12. The van der Waals surface area contributed by atoms with Crippen LogP contribution in [0.25, 0.3) is 0 Å². The lowest BCUT2D eigenvalue weighted by molar-refractivity contribution is -0.115. The Morgan fingerprint density at radius 2 is 2.04 bits per heavy atom. The van der Waals surface area contributed by atoms with Crippen LogP contribution >= 0.6 is 11.3 Å². The highest BCUT2D eigenvalue weighted by Crippen LogP contribution is 2.17. The SMILES string of the molecule is O=C(Cc1csc(Cc2ccccc2)n1)Nc1cnccc1CO. The van der Waals surface area contributed by atoms with Gasteiger partial charge < -0.3 is 10.4 Å². The number of hydrogen-bond acceptors (Lipinski definition) is 5. The minimum atomic E-state index is -0.172. The molecule has 2 heterocycles. The predicted octanol–water partition coefficient (Wildman–Crippen LogP) is 2.80. The Hall–Kier alpha value is -2.57. The minimum Gasteiger partial charge on any atom is -0.392 e. The number of aromatic nitrogens is 2. The lowest BCUT2D eigenvalue weighted by atomic mass is 10.2. The second kappa shape index (κ2) is 7.81. The molecule has 0 unspecified atom stereocenters. The molecule has 0 spiro atoms. The van der Waals surface area contributed by atoms with E-state index in [-0.39, 0.29) is 18.9 Å². The van der Waals surface area contributed by atoms with E-state index in [0.717, 1.165) is 17.1 Å². The highest BCUT2D eigenvalue weighted by molar-refractivity contribution is 7.09. The number of carbonyl (C=O) groups is 1. The van der Waals surface area contributed by atoms with Crippen LogP contribution in [0.3, 0.4) is 0 Å². The lowest BCUT2D eigenvalue weighted by Gasteiger charge is -2.07. The third-order valence-electron chi connectivity index (χ3n) is 3.49. The number of aliphatic hydroxyl groups is 1. The second-order valence-electron chi connectivity index (χ2n) is 5.31. The van der Waals surface area contributed by atoms with Crippen molar-refractivity contribution in [1.29, 1.82) is 0 Å². The number of carbonyl (C=O) groups excluding carboxylic acids is 1. The number of amides is 1. The fourth-order valence-corrected chi connectivity index (χ4v) is 3.14. The maximum Gasteiger partial charge on any atom is 0.230 e. The van der Waals surface area contributed by atoms with E-state index in [1.54, 1.807) is 23.6 Å². The number of pyridine rings is 1. The molecule has 1 aromatic carbocycles. The summed E-state index contributed by atoms with van der Waals surface area (Å²) in [6.45, 7) is -0.143. The van der Waals surface area contributed by atoms with Crippen molar-refractivity contribution >= 4 is 22.9 Å². The van der Waals surface area contributed by atoms with Crippen molar-refractivity contribution in [2.45, 2.75) is 19.4 Å². The summed E-state index contributed by atoms with van der Waals surface area (Å²) in [7, 11) is 0. The van der Waals surface area contributed by atoms with Gasteiger partial charge in [0.15, 0.2) is 0 Å². The Morgan fingerprint density at radius 3 is 2.83 bits per heavy atom. The van der Waals surface area contributed by atoms with Crippen molar-refractivity contribution in [2.24, 2.45) is 0 Å². The quantitative estimate of drug-likeness (QED) is 0.724. The average Bonchev–Trinajstić information content (AvgIpc) is 3.03. The molecule has 0 fully saturated rings. The summed E-state index contributed by atoms with van der Waals surface area (Å²) in [5.74, 6) is -0.172. The van der Waals surface area contributed by atoms with Crippen LogP contribution in [0.4, 0.5) is 5.69 Å². The third-order valence-corrected chi connectivity index (χ3v) is 4.39. The van der Waals surface area contributed by atoms with Crippen LogP contribution in [0.5, 0.6) is 0 Å². The molecule has 24 heavy (non-hydrogen) atoms. The normalized spacial score (nSPS) is 10.5. The fourth-order valence-electron chi connectivity index (χ4n) is 2.31. The molecule has 6 heteroatoms. The summed E-state index contributed by atoms with van der Waals surface area (Å²) in [5, 5.41) is 14.9. The van der Waals surface area contributed by atoms with E-state index in [1.165, 1.54) is 11.8 Å². The van der Waals surface area contributed by atoms with E-state index in [4.69, 9.17) is 0 Å². The number of nitrogens with one attached hydrogen (secondary N) is 1. The molecular weight excluding hydrogens is 322 g/mol. The summed E-state index contributed by atoms with van der Waals surface area (Å²) >= 11 is 1.56. The smallest absolute Gasteiger partial charge is 0.230 e. The Labute approximate surface area is 144 Å². The van der Waals surface area contributed by atoms with Gasteiger partial charge in [-0.05, 0) is 11.6 Å². The monoisotopic (exact) mass is 339 g/mol. The highest BCUT2D eigenvalue weighted by atomic mass is 32.1. The molecule has 3 rings (SSSR count). The van der Waals surface area contributed by atoms with Gasteiger partial charge in [0.2, 0.25) is 5.91 Å². The topological polar surface area (TPSA) is 75.1 Å². The van der Waals surface area contributed by atoms with Gasteiger partial charge in [0.05, 0.1) is 35.6 Å². The molecule has 0 atom stereocenters. The molecule has 0 saturated heterocycles. The van der Waals surface area contributed by atoms with Gasteiger partial charge in [0.1, 0.15) is 0 Å². The highest BCUT2D eigenvalue weighted by Gasteiger charge is 2.10. The molecule has 3 aromatic rings. The number of hydrogen-bond donors (Lipinski definition) is 2. The Morgan fingerprint density at radius 1 is 1.21 bits per heavy atom. The van der Waals surface area contributed by atoms with Crippen molar-refractivity contribution < 1.29 is 9.90 Å². The van der Waals surface area contributed by atoms with Crippen LogP contribution in [-0.4, -0.2) is 21.0 Å². The molecule has 0 aliphatic carbocycles. The molecule has 0 radical (unpaired) electrons. The summed E-state index contributed by atoms with van der Waals surface area (Å²) in [6.07, 6.45) is 4.08. The number of anilines is 1. The van der Waals surface area contributed by atoms with E-state index in [2.05, 4.69) is 27.4 Å². The van der Waals surface area contributed by atoms with Crippen LogP contribution in [0.15, 0.2) is 54.2 Å². The summed E-state index contributed by atoms with van der Waals surface area (Å²) in [4.78, 5) is 20.6. The molecule has 0 aliphatic heterocycles. The van der Waals surface area contributed by atoms with Crippen LogP contribution < -0.4 is 5.32 Å². The van der Waals surface area contributed by atoms with Gasteiger partial charge in [-0.3, -0.25) is 9.78 Å². The van der Waals surface area contributed by atoms with Crippen molar-refractivity contribution in [3.05, 3.63) is 76.0 Å². The lowest BCUT2D eigenvalue weighted by Crippen LogP contribution is -2.16. The largest absolute Gasteiger partial charge is 0.392 e.